The molecule has 0 unspecified atom stereocenters. The second-order valence-electron chi connectivity index (χ2n) is 10.4. The zero-order chi connectivity index (χ0) is 30.1. The number of hydrogen-bond acceptors (Lipinski definition) is 13. The van der Waals surface area contributed by atoms with Crippen LogP contribution in [0, 0.1) is 0 Å². The highest BCUT2D eigenvalue weighted by Gasteiger charge is 2.56. The van der Waals surface area contributed by atoms with Crippen LogP contribution in [-0.4, -0.2) is 107 Å². The van der Waals surface area contributed by atoms with E-state index in [1.165, 1.54) is 41.2 Å². The molecule has 1 fully saturated rings. The van der Waals surface area contributed by atoms with Crippen molar-refractivity contribution in [2.24, 2.45) is 0 Å². The van der Waals surface area contributed by atoms with Crippen LogP contribution in [0.25, 0.3) is 0 Å². The van der Waals surface area contributed by atoms with Gasteiger partial charge < -0.3 is 49.2 Å². The van der Waals surface area contributed by atoms with Gasteiger partial charge in [0.05, 0.1) is 24.3 Å². The average Bonchev–Trinajstić information content (AvgIpc) is 2.92. The van der Waals surface area contributed by atoms with E-state index in [-0.39, 0.29) is 33.6 Å². The molecule has 0 spiro atoms. The normalized spacial score (nSPS) is 32.8. The Bertz CT molecular complexity index is 1450. The number of ketones is 3. The summed E-state index contributed by atoms with van der Waals surface area (Å²) in [4.78, 5) is 40.7. The van der Waals surface area contributed by atoms with Crippen LogP contribution in [0.2, 0.25) is 0 Å². The first-order valence-corrected chi connectivity index (χ1v) is 12.7. The molecule has 0 radical (unpaired) electrons. The Morgan fingerprint density at radius 1 is 0.878 bits per heavy atom. The number of phenolic OH excluding ortho intramolecular Hbond substituents is 2. The lowest BCUT2D eigenvalue weighted by atomic mass is 9.72. The van der Waals surface area contributed by atoms with Crippen molar-refractivity contribution < 1.29 is 63.6 Å². The van der Waals surface area contributed by atoms with Crippen molar-refractivity contribution in [2.75, 3.05) is 21.3 Å². The molecule has 2 aromatic rings. The molecule has 2 aromatic carbocycles. The Hall–Kier alpha value is -3.43. The first kappa shape index (κ1) is 29.1. The summed E-state index contributed by atoms with van der Waals surface area (Å²) in [6, 6.07) is 3.48. The van der Waals surface area contributed by atoms with Gasteiger partial charge in [0.2, 0.25) is 5.78 Å². The highest BCUT2D eigenvalue weighted by atomic mass is 16.7. The minimum atomic E-state index is -2.25. The monoisotopic (exact) mass is 574 g/mol. The van der Waals surface area contributed by atoms with E-state index in [0.717, 1.165) is 12.1 Å². The van der Waals surface area contributed by atoms with Crippen LogP contribution in [0.3, 0.4) is 0 Å². The Balaban J connectivity index is 1.71. The Kier molecular flexibility index (Phi) is 7.19. The topological polar surface area (TPSA) is 199 Å². The molecule has 0 aromatic heterocycles. The fraction of sp³-hybridized carbons (Fsp3) is 0.464. The van der Waals surface area contributed by atoms with E-state index in [1.54, 1.807) is 0 Å². The number of ether oxygens (including phenoxy) is 5. The largest absolute Gasteiger partial charge is 0.507 e. The summed E-state index contributed by atoms with van der Waals surface area (Å²) in [5, 5.41) is 54.2. The summed E-state index contributed by atoms with van der Waals surface area (Å²) >= 11 is 0. The highest BCUT2D eigenvalue weighted by Crippen LogP contribution is 2.49. The number of carbonyl (C=O) groups is 3. The predicted octanol–water partition coefficient (Wildman–Crippen LogP) is 0.383. The van der Waals surface area contributed by atoms with E-state index in [1.807, 2.05) is 0 Å². The number of aliphatic hydroxyl groups excluding tert-OH is 2. The Labute approximate surface area is 233 Å². The maximum atomic E-state index is 13.6. The molecule has 220 valence electrons. The molecule has 0 bridgehead atoms. The molecule has 2 aliphatic carbocycles. The molecule has 1 aliphatic heterocycles. The number of hydrogen-bond donors (Lipinski definition) is 5. The third kappa shape index (κ3) is 4.15. The standard InChI is InChI=1S/C28H30O13/c1-9-18(30)22(34)24(38-4)27(40-9)41-23-17-13(25(35)28(2,36)26(23)39-5)8-12-16(21(17)33)20(32)15-11(19(12)31)6-10(37-3)7-14(15)29/h6-9,18,22-24,26-27,29-30,33-34,36H,1-5H3/t9-,18-,22+,23+,24+,26-,27+,28+/m1/s1. The van der Waals surface area contributed by atoms with Crippen LogP contribution in [0.1, 0.15) is 67.7 Å². The second kappa shape index (κ2) is 10.1. The predicted molar refractivity (Wildman–Crippen MR) is 136 cm³/mol. The van der Waals surface area contributed by atoms with Crippen LogP contribution < -0.4 is 4.74 Å². The van der Waals surface area contributed by atoms with Crippen molar-refractivity contribution in [1.29, 1.82) is 0 Å². The lowest BCUT2D eigenvalue weighted by Crippen LogP contribution is -2.60. The number of fused-ring (bicyclic) bond motifs is 3. The summed E-state index contributed by atoms with van der Waals surface area (Å²) in [5.41, 5.74) is -4.24. The van der Waals surface area contributed by atoms with Crippen molar-refractivity contribution in [3.63, 3.8) is 0 Å². The van der Waals surface area contributed by atoms with Crippen LogP contribution in [0.5, 0.6) is 17.2 Å². The number of phenols is 2. The number of rotatable bonds is 5. The van der Waals surface area contributed by atoms with E-state index in [4.69, 9.17) is 23.7 Å². The third-order valence-corrected chi connectivity index (χ3v) is 8.02. The SMILES string of the molecule is COc1cc(O)c2c(c1)C(=O)c1cc3c(c(O)c1C2=O)[C@H](O[C@@H]1O[C@H](C)[C@@H](O)[C@H](O)[C@@H]1OC)[C@@H](OC)[C@@](C)(O)C3=O. The van der Waals surface area contributed by atoms with Gasteiger partial charge in [-0.15, -0.1) is 0 Å². The molecule has 8 atom stereocenters. The third-order valence-electron chi connectivity index (χ3n) is 8.02. The van der Waals surface area contributed by atoms with Gasteiger partial charge in [0.15, 0.2) is 23.5 Å². The van der Waals surface area contributed by atoms with E-state index >= 15 is 0 Å². The van der Waals surface area contributed by atoms with Gasteiger partial charge in [0.1, 0.15) is 47.8 Å². The zero-order valence-electron chi connectivity index (χ0n) is 22.8. The lowest BCUT2D eigenvalue weighted by Gasteiger charge is -2.46. The minimum Gasteiger partial charge on any atom is -0.507 e. The van der Waals surface area contributed by atoms with E-state index in [2.05, 4.69) is 0 Å². The molecule has 41 heavy (non-hydrogen) atoms. The van der Waals surface area contributed by atoms with Gasteiger partial charge in [-0.1, -0.05) is 0 Å². The summed E-state index contributed by atoms with van der Waals surface area (Å²) in [7, 11) is 3.75. The summed E-state index contributed by atoms with van der Waals surface area (Å²) in [6.45, 7) is 2.65. The van der Waals surface area contributed by atoms with Crippen LogP contribution in [0.15, 0.2) is 18.2 Å². The first-order valence-electron chi connectivity index (χ1n) is 12.7. The fourth-order valence-electron chi connectivity index (χ4n) is 5.82. The number of methoxy groups -OCH3 is 3. The van der Waals surface area contributed by atoms with E-state index in [0.29, 0.717) is 0 Å². The van der Waals surface area contributed by atoms with Crippen molar-refractivity contribution in [1.82, 2.24) is 0 Å². The van der Waals surface area contributed by atoms with Gasteiger partial charge >= 0.3 is 0 Å². The van der Waals surface area contributed by atoms with Gasteiger partial charge in [-0.2, -0.15) is 0 Å². The van der Waals surface area contributed by atoms with Crippen LogP contribution in [0.4, 0.5) is 0 Å². The smallest absolute Gasteiger partial charge is 0.201 e. The average molecular weight is 575 g/mol. The summed E-state index contributed by atoms with van der Waals surface area (Å²) in [6.07, 6.45) is -9.35. The van der Waals surface area contributed by atoms with Crippen molar-refractivity contribution in [3.05, 3.63) is 51.6 Å². The fourth-order valence-corrected chi connectivity index (χ4v) is 5.82. The second-order valence-corrected chi connectivity index (χ2v) is 10.4. The number of benzene rings is 2. The highest BCUT2D eigenvalue weighted by molar-refractivity contribution is 6.31. The van der Waals surface area contributed by atoms with Gasteiger partial charge in [0.25, 0.3) is 0 Å². The maximum Gasteiger partial charge on any atom is 0.201 e. The first-order chi connectivity index (χ1) is 19.3. The number of carbonyl (C=O) groups excluding carboxylic acids is 3. The number of aromatic hydroxyl groups is 2. The molecule has 13 nitrogen and oxygen atoms in total. The molecule has 0 saturated carbocycles. The van der Waals surface area contributed by atoms with Crippen molar-refractivity contribution in [3.8, 4) is 17.2 Å². The minimum absolute atomic E-state index is 0.102. The van der Waals surface area contributed by atoms with Gasteiger partial charge in [-0.3, -0.25) is 14.4 Å². The van der Waals surface area contributed by atoms with Crippen molar-refractivity contribution >= 4 is 17.3 Å². The Morgan fingerprint density at radius 2 is 1.54 bits per heavy atom. The van der Waals surface area contributed by atoms with Gasteiger partial charge in [-0.05, 0) is 26.0 Å². The molecule has 13 heteroatoms. The quantitative estimate of drug-likeness (QED) is 0.281. The summed E-state index contributed by atoms with van der Waals surface area (Å²) < 4.78 is 27.7. The molecule has 5 rings (SSSR count). The van der Waals surface area contributed by atoms with E-state index in [9.17, 15) is 39.9 Å². The number of aliphatic hydroxyl groups is 3. The molecular formula is C28H30O13. The molecular weight excluding hydrogens is 544 g/mol. The molecule has 3 aliphatic rings. The summed E-state index contributed by atoms with van der Waals surface area (Å²) in [5.74, 6) is -3.85. The molecule has 1 saturated heterocycles. The maximum absolute atomic E-state index is 13.6. The number of Topliss-reactive ketones (excluding diaryl/α,β-unsaturated/α-hetero) is 1. The van der Waals surface area contributed by atoms with E-state index < -0.39 is 82.9 Å². The van der Waals surface area contributed by atoms with Crippen LogP contribution >= 0.6 is 0 Å². The van der Waals surface area contributed by atoms with Gasteiger partial charge in [-0.25, -0.2) is 0 Å². The lowest BCUT2D eigenvalue weighted by molar-refractivity contribution is -0.321. The Morgan fingerprint density at radius 3 is 2.15 bits per heavy atom. The van der Waals surface area contributed by atoms with Crippen molar-refractivity contribution in [2.45, 2.75) is 62.4 Å². The molecule has 1 heterocycles. The van der Waals surface area contributed by atoms with Gasteiger partial charge in [0, 0.05) is 42.5 Å². The molecule has 0 amide bonds. The molecule has 5 N–H and O–H groups in total. The van der Waals surface area contributed by atoms with Crippen LogP contribution in [-0.2, 0) is 18.9 Å². The zero-order valence-corrected chi connectivity index (χ0v) is 22.8.